The number of anilines is 5. The van der Waals surface area contributed by atoms with E-state index in [1.54, 1.807) is 66.7 Å². The second kappa shape index (κ2) is 34.2. The lowest BCUT2D eigenvalue weighted by molar-refractivity contribution is 0.00578. The fourth-order valence-electron chi connectivity index (χ4n) is 11.1. The molecule has 105 heavy (non-hydrogen) atoms. The van der Waals surface area contributed by atoms with E-state index in [1.807, 2.05) is 198 Å². The van der Waals surface area contributed by atoms with Crippen molar-refractivity contribution in [3.8, 4) is 62.4 Å². The minimum Gasteiger partial charge on any atom is -0.457 e. The van der Waals surface area contributed by atoms with Crippen LogP contribution < -0.4 is 31.3 Å². The molecule has 3 aliphatic heterocycles. The monoisotopic (exact) mass is 1490 g/mol. The van der Waals surface area contributed by atoms with Crippen LogP contribution in [0.2, 0.25) is 0 Å². The van der Waals surface area contributed by atoms with E-state index < -0.39 is 0 Å². The van der Waals surface area contributed by atoms with Crippen LogP contribution in [0.15, 0.2) is 276 Å². The zero-order valence-electron chi connectivity index (χ0n) is 57.3. The van der Waals surface area contributed by atoms with Crippen LogP contribution in [0, 0.1) is 57.3 Å². The number of nitriles is 1. The zero-order chi connectivity index (χ0) is 74.6. The maximum absolute atomic E-state index is 8.51. The van der Waals surface area contributed by atoms with Crippen molar-refractivity contribution in [1.82, 2.24) is 0 Å². The molecule has 15 rings (SSSR count). The molecule has 0 atom stereocenters. The van der Waals surface area contributed by atoms with Crippen LogP contribution in [-0.2, 0) is 15.7 Å². The minimum atomic E-state index is -0.325. The van der Waals surface area contributed by atoms with E-state index in [-0.39, 0.29) is 18.3 Å². The van der Waals surface area contributed by atoms with E-state index in [9.17, 15) is 0 Å². The Morgan fingerprint density at radius 3 is 1.20 bits per heavy atom. The number of para-hydroxylation sites is 6. The summed E-state index contributed by atoms with van der Waals surface area (Å²) in [4.78, 5) is 25.9. The highest BCUT2D eigenvalue weighted by Gasteiger charge is 2.51. The van der Waals surface area contributed by atoms with Crippen molar-refractivity contribution in [1.29, 1.82) is 5.26 Å². The topological polar surface area (TPSA) is 147 Å². The number of halogens is 2. The van der Waals surface area contributed by atoms with Crippen LogP contribution in [0.5, 0.6) is 23.0 Å². The standard InChI is InChI=1S/C26H15N3O.C14H7BrN2.C14H9N3.C13H10O.C12H18BNO2.C8H3BrN2/c1-27-20-14-19(15-21(17-20)28-2)18-8-7-9-22(16-18)29-23-10-3-5-12-25(23)30-26-13-6-4-11-24(26)29;2*1-16-13-7-11(8-14(9-13)17-2)10-4-3-5-12(15)6-10;1-3-7-12-10(5-1)9-11-6-2-4-8-13(11)14-12;1-11(2)12(3,4)16-13(15-11)9-6-5-7-10(14)8-9;1-11-8-3-6(5-10)2-7(9)4-8/h3-17H;3-9H;3-9H,15H2;1-8H,9H2;5-8H,14H2,1-4H3;2-4H. The minimum absolute atomic E-state index is 0.303. The lowest BCUT2D eigenvalue weighted by Gasteiger charge is -2.33. The average molecular weight is 1500 g/mol. The molecule has 0 saturated carbocycles. The van der Waals surface area contributed by atoms with Gasteiger partial charge in [-0.2, -0.15) is 5.26 Å². The number of rotatable bonds is 5. The Balaban J connectivity index is 0.000000140. The molecule has 1 saturated heterocycles. The molecule has 3 heterocycles. The van der Waals surface area contributed by atoms with Gasteiger partial charge < -0.3 is 35.1 Å². The van der Waals surface area contributed by atoms with Gasteiger partial charge in [-0.15, -0.1) is 0 Å². The number of nitrogen functional groups attached to an aromatic ring is 2. The molecule has 0 aromatic heterocycles. The molecule has 0 bridgehead atoms. The Morgan fingerprint density at radius 1 is 0.381 bits per heavy atom. The molecule has 0 aliphatic carbocycles. The van der Waals surface area contributed by atoms with Crippen molar-refractivity contribution in [3.63, 3.8) is 0 Å². The molecule has 0 amide bonds. The molecule has 1 fully saturated rings. The van der Waals surface area contributed by atoms with Gasteiger partial charge in [0, 0.05) is 38.0 Å². The van der Waals surface area contributed by atoms with Gasteiger partial charge in [-0.25, -0.2) is 33.9 Å². The Kier molecular flexibility index (Phi) is 24.2. The molecular weight excluding hydrogens is 1430 g/mol. The van der Waals surface area contributed by atoms with Gasteiger partial charge in [-0.3, -0.25) is 0 Å². The molecule has 12 aromatic rings. The highest BCUT2D eigenvalue weighted by molar-refractivity contribution is 9.10. The first kappa shape index (κ1) is 74.2. The van der Waals surface area contributed by atoms with E-state index in [0.29, 0.717) is 51.1 Å². The first-order chi connectivity index (χ1) is 50.7. The molecule has 506 valence electrons. The molecular formula is C87H62BBr2N11O4. The van der Waals surface area contributed by atoms with Crippen molar-refractivity contribution in [2.24, 2.45) is 0 Å². The van der Waals surface area contributed by atoms with Gasteiger partial charge in [-0.1, -0.05) is 196 Å². The summed E-state index contributed by atoms with van der Waals surface area (Å²) in [7, 11) is -0.325. The summed E-state index contributed by atoms with van der Waals surface area (Å²) in [5.41, 5.74) is 28.0. The second-order valence-corrected chi connectivity index (χ2v) is 26.4. The van der Waals surface area contributed by atoms with Gasteiger partial charge in [0.05, 0.1) is 74.7 Å². The van der Waals surface area contributed by atoms with Crippen LogP contribution in [-0.4, -0.2) is 18.3 Å². The first-order valence-corrected chi connectivity index (χ1v) is 34.0. The number of ether oxygens (including phenoxy) is 2. The maximum atomic E-state index is 8.51. The van der Waals surface area contributed by atoms with E-state index >= 15 is 0 Å². The van der Waals surface area contributed by atoms with Crippen LogP contribution in [0.4, 0.5) is 68.2 Å². The summed E-state index contributed by atoms with van der Waals surface area (Å²) in [6.45, 7) is 57.6. The summed E-state index contributed by atoms with van der Waals surface area (Å²) in [5, 5.41) is 8.51. The molecule has 0 unspecified atom stereocenters. The number of hydrogen-bond donors (Lipinski definition) is 2. The van der Waals surface area contributed by atoms with Gasteiger partial charge >= 0.3 is 7.12 Å². The summed E-state index contributed by atoms with van der Waals surface area (Å²) >= 11 is 6.61. The van der Waals surface area contributed by atoms with Gasteiger partial charge in [-0.05, 0) is 181 Å². The third-order valence-corrected chi connectivity index (χ3v) is 17.8. The fourth-order valence-corrected chi connectivity index (χ4v) is 12.0. The van der Waals surface area contributed by atoms with Gasteiger partial charge in [0.1, 0.15) is 11.5 Å². The van der Waals surface area contributed by atoms with Crippen molar-refractivity contribution < 1.29 is 18.8 Å². The molecule has 18 heteroatoms. The summed E-state index contributed by atoms with van der Waals surface area (Å²) in [6.07, 6.45) is 0.979. The molecule has 0 spiro atoms. The van der Waals surface area contributed by atoms with Crippen LogP contribution in [0.3, 0.4) is 0 Å². The van der Waals surface area contributed by atoms with E-state index in [2.05, 4.69) is 107 Å². The molecule has 4 N–H and O–H groups in total. The Bertz CT molecular complexity index is 5210. The van der Waals surface area contributed by atoms with Gasteiger partial charge in [0.2, 0.25) is 0 Å². The number of nitrogens with zero attached hydrogens (tertiary/aromatic N) is 9. The SMILES string of the molecule is CC1(C)OB(c2cccc(N)c2)OC1(C)C.[C-]#[N+]c1cc(Br)cc(C#N)c1.[C-]#[N+]c1cc([N+]#[C-])cc(-c2cccc(Br)c2)c1.[C-]#[N+]c1cc([N+]#[C-])cc(-c2cccc(N)c2)c1.[C-]#[N+]c1cc([N+]#[C-])cc(-c2cccc(N3c4ccccc4Oc4ccccc43)c2)c1.c1ccc2c(c1)Cc1ccccc1O2. The van der Waals surface area contributed by atoms with Crippen molar-refractivity contribution in [2.75, 3.05) is 16.4 Å². The van der Waals surface area contributed by atoms with Crippen molar-refractivity contribution in [2.45, 2.75) is 45.3 Å². The number of benzene rings is 12. The normalized spacial score (nSPS) is 12.2. The van der Waals surface area contributed by atoms with Crippen LogP contribution in [0.25, 0.3) is 67.3 Å². The molecule has 0 radical (unpaired) electrons. The first-order valence-electron chi connectivity index (χ1n) is 32.4. The van der Waals surface area contributed by atoms with E-state index in [0.717, 1.165) is 100.0 Å². The highest BCUT2D eigenvalue weighted by atomic mass is 79.9. The lowest BCUT2D eigenvalue weighted by atomic mass is 9.79. The number of nitrogens with two attached hydrogens (primary N) is 2. The second-order valence-electron chi connectivity index (χ2n) is 24.6. The zero-order valence-corrected chi connectivity index (χ0v) is 60.4. The van der Waals surface area contributed by atoms with E-state index in [1.165, 1.54) is 11.1 Å². The Hall–Kier alpha value is -13.5. The predicted octanol–water partition coefficient (Wildman–Crippen LogP) is 25.1. The summed E-state index contributed by atoms with van der Waals surface area (Å²) < 4.78 is 25.5. The largest absolute Gasteiger partial charge is 0.494 e. The van der Waals surface area contributed by atoms with Gasteiger partial charge in [0.25, 0.3) is 0 Å². The molecule has 3 aliphatic rings. The maximum Gasteiger partial charge on any atom is 0.494 e. The summed E-state index contributed by atoms with van der Waals surface area (Å²) in [5.74, 6) is 3.58. The van der Waals surface area contributed by atoms with Crippen molar-refractivity contribution >= 4 is 113 Å². The third kappa shape index (κ3) is 18.9. The Morgan fingerprint density at radius 2 is 0.762 bits per heavy atom. The highest BCUT2D eigenvalue weighted by Crippen LogP contribution is 2.51. The van der Waals surface area contributed by atoms with Crippen LogP contribution in [0.1, 0.15) is 44.4 Å². The fraction of sp³-hybridized carbons (Fsp3) is 0.0805. The average Bonchev–Trinajstić information content (AvgIpc) is 1.40. The quantitative estimate of drug-likeness (QED) is 0.0984. The summed E-state index contributed by atoms with van der Waals surface area (Å²) in [6, 6.07) is 85.7. The van der Waals surface area contributed by atoms with E-state index in [4.69, 9.17) is 81.5 Å². The van der Waals surface area contributed by atoms with Crippen LogP contribution >= 0.6 is 31.9 Å². The third-order valence-electron chi connectivity index (χ3n) is 16.9. The van der Waals surface area contributed by atoms with Gasteiger partial charge in [0.15, 0.2) is 51.3 Å². The molecule has 15 nitrogen and oxygen atoms in total. The van der Waals surface area contributed by atoms with Crippen molar-refractivity contribution in [3.05, 3.63) is 372 Å². The predicted molar refractivity (Wildman–Crippen MR) is 428 cm³/mol. The molecule has 12 aromatic carbocycles. The number of hydrogen-bond acceptors (Lipinski definition) is 8. The lowest BCUT2D eigenvalue weighted by Crippen LogP contribution is -2.41. The Labute approximate surface area is 629 Å². The number of fused-ring (bicyclic) bond motifs is 4. The smallest absolute Gasteiger partial charge is 0.457 e.